The highest BCUT2D eigenvalue weighted by molar-refractivity contribution is 7.12. The maximum Gasteiger partial charge on any atom is 0.0302 e. The van der Waals surface area contributed by atoms with Gasteiger partial charge >= 0.3 is 0 Å². The van der Waals surface area contributed by atoms with Gasteiger partial charge in [0.25, 0.3) is 0 Å². The summed E-state index contributed by atoms with van der Waals surface area (Å²) < 4.78 is 0. The molecule has 1 heterocycles. The van der Waals surface area contributed by atoms with E-state index in [1.807, 2.05) is 11.3 Å². The van der Waals surface area contributed by atoms with Crippen LogP contribution >= 0.6 is 11.3 Å². The number of aryl methyl sites for hydroxylation is 2. The van der Waals surface area contributed by atoms with Gasteiger partial charge in [0.05, 0.1) is 0 Å². The lowest BCUT2D eigenvalue weighted by atomic mass is 9.99. The smallest absolute Gasteiger partial charge is 0.0302 e. The Kier molecular flexibility index (Phi) is 3.24. The molecule has 0 saturated heterocycles. The standard InChI is InChI=1S/C12H19NS/c1-9(2)13-8-11-7-10-5-3-4-6-12(10)14-11/h7,9,13H,3-6,8H2,1-2H3. The van der Waals surface area contributed by atoms with E-state index in [-0.39, 0.29) is 0 Å². The minimum atomic E-state index is 0.592. The molecule has 0 atom stereocenters. The minimum absolute atomic E-state index is 0.592. The molecule has 0 aromatic carbocycles. The van der Waals surface area contributed by atoms with Crippen LogP contribution in [0.2, 0.25) is 0 Å². The predicted molar refractivity (Wildman–Crippen MR) is 62.9 cm³/mol. The molecular formula is C12H19NS. The zero-order valence-corrected chi connectivity index (χ0v) is 9.91. The Morgan fingerprint density at radius 3 is 2.86 bits per heavy atom. The number of nitrogens with one attached hydrogen (secondary N) is 1. The van der Waals surface area contributed by atoms with Crippen LogP contribution in [0.15, 0.2) is 6.07 Å². The summed E-state index contributed by atoms with van der Waals surface area (Å²) in [5, 5.41) is 3.48. The van der Waals surface area contributed by atoms with Crippen LogP contribution in [0.3, 0.4) is 0 Å². The molecule has 1 aromatic heterocycles. The fourth-order valence-electron chi connectivity index (χ4n) is 1.94. The fourth-order valence-corrected chi connectivity index (χ4v) is 3.16. The lowest BCUT2D eigenvalue weighted by Gasteiger charge is -2.08. The van der Waals surface area contributed by atoms with Crippen LogP contribution in [0.5, 0.6) is 0 Å². The van der Waals surface area contributed by atoms with Gasteiger partial charge in [0.15, 0.2) is 0 Å². The lowest BCUT2D eigenvalue weighted by Crippen LogP contribution is -2.21. The third kappa shape index (κ3) is 2.37. The van der Waals surface area contributed by atoms with E-state index in [2.05, 4.69) is 25.2 Å². The second kappa shape index (κ2) is 4.45. The van der Waals surface area contributed by atoms with Crippen molar-refractivity contribution in [3.05, 3.63) is 21.4 Å². The van der Waals surface area contributed by atoms with Gasteiger partial charge < -0.3 is 5.32 Å². The molecule has 0 unspecified atom stereocenters. The van der Waals surface area contributed by atoms with Crippen LogP contribution in [0.1, 0.15) is 42.0 Å². The number of hydrogen-bond donors (Lipinski definition) is 1. The topological polar surface area (TPSA) is 12.0 Å². The third-order valence-electron chi connectivity index (χ3n) is 2.73. The Balaban J connectivity index is 2.01. The van der Waals surface area contributed by atoms with Gasteiger partial charge in [0.1, 0.15) is 0 Å². The van der Waals surface area contributed by atoms with Crippen LogP contribution in [0.4, 0.5) is 0 Å². The van der Waals surface area contributed by atoms with Gasteiger partial charge in [-0.25, -0.2) is 0 Å². The average molecular weight is 209 g/mol. The summed E-state index contributed by atoms with van der Waals surface area (Å²) in [6.45, 7) is 5.45. The summed E-state index contributed by atoms with van der Waals surface area (Å²) >= 11 is 2.01. The largest absolute Gasteiger partial charge is 0.310 e. The monoisotopic (exact) mass is 209 g/mol. The third-order valence-corrected chi connectivity index (χ3v) is 3.97. The highest BCUT2D eigenvalue weighted by Crippen LogP contribution is 2.29. The Bertz CT molecular complexity index is 278. The summed E-state index contributed by atoms with van der Waals surface area (Å²) in [5.41, 5.74) is 1.63. The molecule has 0 radical (unpaired) electrons. The molecule has 2 heteroatoms. The van der Waals surface area contributed by atoms with E-state index in [0.29, 0.717) is 6.04 Å². The van der Waals surface area contributed by atoms with Crippen molar-refractivity contribution in [1.29, 1.82) is 0 Å². The van der Waals surface area contributed by atoms with Crippen molar-refractivity contribution < 1.29 is 0 Å². The van der Waals surface area contributed by atoms with Crippen molar-refractivity contribution in [1.82, 2.24) is 5.32 Å². The first-order valence-electron chi connectivity index (χ1n) is 5.59. The van der Waals surface area contributed by atoms with Crippen molar-refractivity contribution >= 4 is 11.3 Å². The second-order valence-electron chi connectivity index (χ2n) is 4.40. The van der Waals surface area contributed by atoms with Gasteiger partial charge in [0, 0.05) is 22.3 Å². The molecule has 78 valence electrons. The van der Waals surface area contributed by atoms with E-state index < -0.39 is 0 Å². The molecule has 14 heavy (non-hydrogen) atoms. The van der Waals surface area contributed by atoms with Crippen molar-refractivity contribution in [2.45, 2.75) is 52.1 Å². The van der Waals surface area contributed by atoms with E-state index in [0.717, 1.165) is 6.54 Å². The molecule has 1 N–H and O–H groups in total. The highest BCUT2D eigenvalue weighted by atomic mass is 32.1. The van der Waals surface area contributed by atoms with Gasteiger partial charge in [-0.2, -0.15) is 0 Å². The van der Waals surface area contributed by atoms with Gasteiger partial charge in [-0.3, -0.25) is 0 Å². The van der Waals surface area contributed by atoms with Crippen LogP contribution < -0.4 is 5.32 Å². The van der Waals surface area contributed by atoms with E-state index in [1.54, 1.807) is 10.4 Å². The normalized spacial score (nSPS) is 15.9. The Morgan fingerprint density at radius 1 is 1.36 bits per heavy atom. The summed E-state index contributed by atoms with van der Waals surface area (Å²) in [4.78, 5) is 3.17. The molecule has 0 bridgehead atoms. The first-order valence-corrected chi connectivity index (χ1v) is 6.41. The molecule has 1 aromatic rings. The number of rotatable bonds is 3. The van der Waals surface area contributed by atoms with Crippen LogP contribution in [0.25, 0.3) is 0 Å². The highest BCUT2D eigenvalue weighted by Gasteiger charge is 2.12. The zero-order valence-electron chi connectivity index (χ0n) is 9.10. The number of thiophene rings is 1. The molecule has 1 nitrogen and oxygen atoms in total. The van der Waals surface area contributed by atoms with Crippen LogP contribution in [-0.4, -0.2) is 6.04 Å². The Labute approximate surface area is 90.5 Å². The number of hydrogen-bond acceptors (Lipinski definition) is 2. The molecule has 1 aliphatic carbocycles. The van der Waals surface area contributed by atoms with Crippen LogP contribution in [-0.2, 0) is 19.4 Å². The maximum absolute atomic E-state index is 3.48. The SMILES string of the molecule is CC(C)NCc1cc2c(s1)CCCC2. The molecule has 0 amide bonds. The van der Waals surface area contributed by atoms with Crippen molar-refractivity contribution in [2.24, 2.45) is 0 Å². The van der Waals surface area contributed by atoms with Gasteiger partial charge in [-0.15, -0.1) is 11.3 Å². The van der Waals surface area contributed by atoms with Crippen LogP contribution in [0, 0.1) is 0 Å². The molecule has 0 fully saturated rings. The van der Waals surface area contributed by atoms with E-state index in [4.69, 9.17) is 0 Å². The summed E-state index contributed by atoms with van der Waals surface area (Å²) in [6, 6.07) is 3.00. The quantitative estimate of drug-likeness (QED) is 0.806. The fraction of sp³-hybridized carbons (Fsp3) is 0.667. The minimum Gasteiger partial charge on any atom is -0.310 e. The summed E-state index contributed by atoms with van der Waals surface area (Å²) in [7, 11) is 0. The Hall–Kier alpha value is -0.340. The Morgan fingerprint density at radius 2 is 2.14 bits per heavy atom. The van der Waals surface area contributed by atoms with Crippen molar-refractivity contribution in [3.8, 4) is 0 Å². The zero-order chi connectivity index (χ0) is 9.97. The molecule has 0 saturated carbocycles. The predicted octanol–water partition coefficient (Wildman–Crippen LogP) is 3.12. The summed E-state index contributed by atoms with van der Waals surface area (Å²) in [5.74, 6) is 0. The molecule has 0 spiro atoms. The van der Waals surface area contributed by atoms with Gasteiger partial charge in [-0.05, 0) is 37.3 Å². The lowest BCUT2D eigenvalue weighted by molar-refractivity contribution is 0.593. The average Bonchev–Trinajstić information content (AvgIpc) is 2.57. The van der Waals surface area contributed by atoms with Crippen molar-refractivity contribution in [2.75, 3.05) is 0 Å². The van der Waals surface area contributed by atoms with Crippen molar-refractivity contribution in [3.63, 3.8) is 0 Å². The first-order chi connectivity index (χ1) is 6.75. The van der Waals surface area contributed by atoms with E-state index in [1.165, 1.54) is 30.6 Å². The first kappa shape index (κ1) is 10.2. The maximum atomic E-state index is 3.48. The molecule has 0 aliphatic heterocycles. The summed E-state index contributed by atoms with van der Waals surface area (Å²) in [6.07, 6.45) is 5.42. The van der Waals surface area contributed by atoms with Gasteiger partial charge in [0.2, 0.25) is 0 Å². The van der Waals surface area contributed by atoms with Gasteiger partial charge in [-0.1, -0.05) is 13.8 Å². The molecule has 1 aliphatic rings. The molecular weight excluding hydrogens is 190 g/mol. The van der Waals surface area contributed by atoms with E-state index in [9.17, 15) is 0 Å². The number of fused-ring (bicyclic) bond motifs is 1. The second-order valence-corrected chi connectivity index (χ2v) is 5.63. The molecule has 2 rings (SSSR count). The van der Waals surface area contributed by atoms with E-state index >= 15 is 0 Å².